The first-order valence-corrected chi connectivity index (χ1v) is 7.98. The highest BCUT2D eigenvalue weighted by molar-refractivity contribution is 5.91. The molecule has 124 valence electrons. The minimum absolute atomic E-state index is 0.203. The molecule has 0 aliphatic rings. The number of carbonyl (C=O) groups excluding carboxylic acids is 1. The first kappa shape index (κ1) is 16.0. The summed E-state index contributed by atoms with van der Waals surface area (Å²) in [7, 11) is 0. The summed E-state index contributed by atoms with van der Waals surface area (Å²) in [6.45, 7) is 4.55. The molecular weight excluding hydrogens is 306 g/mol. The van der Waals surface area contributed by atoms with Gasteiger partial charge in [0, 0.05) is 13.0 Å². The molecule has 2 heterocycles. The Morgan fingerprint density at radius 3 is 2.71 bits per heavy atom. The molecule has 24 heavy (non-hydrogen) atoms. The molecular formula is C18H19N3O3. The zero-order valence-electron chi connectivity index (χ0n) is 13.7. The lowest BCUT2D eigenvalue weighted by Gasteiger charge is -2.19. The molecule has 6 heteroatoms. The summed E-state index contributed by atoms with van der Waals surface area (Å²) in [6, 6.07) is 10.6. The number of nitrogens with zero attached hydrogens (tertiary/aromatic N) is 2. The Kier molecular flexibility index (Phi) is 4.46. The van der Waals surface area contributed by atoms with Gasteiger partial charge in [0.15, 0.2) is 5.76 Å². The van der Waals surface area contributed by atoms with Crippen LogP contribution in [0, 0.1) is 0 Å². The van der Waals surface area contributed by atoms with Crippen LogP contribution in [0.25, 0.3) is 10.9 Å². The van der Waals surface area contributed by atoms with Crippen LogP contribution in [0.3, 0.4) is 0 Å². The van der Waals surface area contributed by atoms with Crippen LogP contribution in [0.4, 0.5) is 0 Å². The van der Waals surface area contributed by atoms with E-state index in [4.69, 9.17) is 4.42 Å². The van der Waals surface area contributed by atoms with Crippen molar-refractivity contribution in [1.82, 2.24) is 14.9 Å². The smallest absolute Gasteiger partial charge is 0.289 e. The molecule has 3 aromatic rings. The summed E-state index contributed by atoms with van der Waals surface area (Å²) in [5.41, 5.74) is 0.413. The number of aromatic amines is 1. The maximum absolute atomic E-state index is 12.6. The Hall–Kier alpha value is -2.89. The van der Waals surface area contributed by atoms with Gasteiger partial charge in [0.05, 0.1) is 17.4 Å². The summed E-state index contributed by atoms with van der Waals surface area (Å²) in [5.74, 6) is 1.31. The molecule has 1 aromatic carbocycles. The second-order valence-electron chi connectivity index (χ2n) is 5.47. The lowest BCUT2D eigenvalue weighted by molar-refractivity contribution is 0.0714. The van der Waals surface area contributed by atoms with Gasteiger partial charge in [-0.2, -0.15) is 0 Å². The first-order valence-electron chi connectivity index (χ1n) is 7.98. The van der Waals surface area contributed by atoms with Crippen LogP contribution in [0.1, 0.15) is 36.0 Å². The molecule has 0 fully saturated rings. The van der Waals surface area contributed by atoms with Crippen molar-refractivity contribution in [2.45, 2.75) is 26.8 Å². The molecule has 6 nitrogen and oxygen atoms in total. The van der Waals surface area contributed by atoms with Gasteiger partial charge in [-0.15, -0.1) is 0 Å². The zero-order valence-corrected chi connectivity index (χ0v) is 13.7. The van der Waals surface area contributed by atoms with Crippen LogP contribution in [-0.4, -0.2) is 27.3 Å². The van der Waals surface area contributed by atoms with Crippen molar-refractivity contribution in [2.24, 2.45) is 0 Å². The highest BCUT2D eigenvalue weighted by Crippen LogP contribution is 2.13. The van der Waals surface area contributed by atoms with E-state index in [9.17, 15) is 9.59 Å². The van der Waals surface area contributed by atoms with E-state index in [1.54, 1.807) is 35.2 Å². The van der Waals surface area contributed by atoms with E-state index in [1.807, 2.05) is 19.9 Å². The number of H-pyrrole nitrogens is 1. The molecule has 0 saturated carbocycles. The second kappa shape index (κ2) is 6.70. The summed E-state index contributed by atoms with van der Waals surface area (Å²) in [4.78, 5) is 33.5. The quantitative estimate of drug-likeness (QED) is 0.782. The van der Waals surface area contributed by atoms with Crippen molar-refractivity contribution in [3.63, 3.8) is 0 Å². The molecule has 0 aliphatic heterocycles. The Morgan fingerprint density at radius 2 is 2.00 bits per heavy atom. The number of fused-ring (bicyclic) bond motifs is 1. The number of hydrogen-bond acceptors (Lipinski definition) is 4. The molecule has 2 aromatic heterocycles. The van der Waals surface area contributed by atoms with Crippen LogP contribution in [0.2, 0.25) is 0 Å². The van der Waals surface area contributed by atoms with E-state index >= 15 is 0 Å². The minimum atomic E-state index is -0.215. The molecule has 0 saturated heterocycles. The number of nitrogens with one attached hydrogen (secondary N) is 1. The molecule has 0 atom stereocenters. The zero-order chi connectivity index (χ0) is 17.1. The third kappa shape index (κ3) is 3.08. The lowest BCUT2D eigenvalue weighted by Crippen LogP contribution is -2.31. The Labute approximate surface area is 139 Å². The fourth-order valence-corrected chi connectivity index (χ4v) is 2.56. The van der Waals surface area contributed by atoms with Gasteiger partial charge in [0.25, 0.3) is 11.5 Å². The first-order chi connectivity index (χ1) is 11.6. The van der Waals surface area contributed by atoms with Gasteiger partial charge >= 0.3 is 0 Å². The number of aromatic nitrogens is 2. The summed E-state index contributed by atoms with van der Waals surface area (Å²) >= 11 is 0. The second-order valence-corrected chi connectivity index (χ2v) is 5.47. The van der Waals surface area contributed by atoms with Crippen molar-refractivity contribution in [1.29, 1.82) is 0 Å². The number of rotatable bonds is 5. The van der Waals surface area contributed by atoms with Crippen LogP contribution in [-0.2, 0) is 13.0 Å². The SMILES string of the molecule is CCc1ccc(C(=O)N(CC)Cc2nc3ccccc3c(=O)[nH]2)o1. The van der Waals surface area contributed by atoms with E-state index in [-0.39, 0.29) is 18.0 Å². The van der Waals surface area contributed by atoms with Crippen molar-refractivity contribution in [2.75, 3.05) is 6.54 Å². The largest absolute Gasteiger partial charge is 0.456 e. The van der Waals surface area contributed by atoms with E-state index in [1.165, 1.54) is 0 Å². The monoisotopic (exact) mass is 325 g/mol. The number of aryl methyl sites for hydroxylation is 1. The summed E-state index contributed by atoms with van der Waals surface area (Å²) < 4.78 is 5.53. The van der Waals surface area contributed by atoms with Crippen molar-refractivity contribution >= 4 is 16.8 Å². The fraction of sp³-hybridized carbons (Fsp3) is 0.278. The van der Waals surface area contributed by atoms with Crippen LogP contribution < -0.4 is 5.56 Å². The van der Waals surface area contributed by atoms with Crippen LogP contribution >= 0.6 is 0 Å². The molecule has 0 unspecified atom stereocenters. The normalized spacial score (nSPS) is 10.9. The highest BCUT2D eigenvalue weighted by atomic mass is 16.4. The summed E-state index contributed by atoms with van der Waals surface area (Å²) in [5, 5.41) is 0.536. The van der Waals surface area contributed by atoms with Gasteiger partial charge in [0.2, 0.25) is 0 Å². The Bertz CT molecular complexity index is 926. The van der Waals surface area contributed by atoms with Crippen molar-refractivity contribution in [3.05, 3.63) is 64.1 Å². The average molecular weight is 325 g/mol. The van der Waals surface area contributed by atoms with Gasteiger partial charge < -0.3 is 14.3 Å². The van der Waals surface area contributed by atoms with Crippen molar-refractivity contribution < 1.29 is 9.21 Å². The molecule has 0 spiro atoms. The number of furan rings is 1. The predicted octanol–water partition coefficient (Wildman–Crippen LogP) is 2.74. The van der Waals surface area contributed by atoms with Gasteiger partial charge in [-0.3, -0.25) is 9.59 Å². The van der Waals surface area contributed by atoms with Crippen molar-refractivity contribution in [3.8, 4) is 0 Å². The molecule has 1 N–H and O–H groups in total. The number of para-hydroxylation sites is 1. The van der Waals surface area contributed by atoms with Gasteiger partial charge in [0.1, 0.15) is 11.6 Å². The van der Waals surface area contributed by atoms with Gasteiger partial charge in [-0.1, -0.05) is 19.1 Å². The molecule has 1 amide bonds. The molecule has 0 aliphatic carbocycles. The minimum Gasteiger partial charge on any atom is -0.456 e. The molecule has 3 rings (SSSR count). The van der Waals surface area contributed by atoms with Crippen LogP contribution in [0.5, 0.6) is 0 Å². The standard InChI is InChI=1S/C18H19N3O3/c1-3-12-9-10-15(24-12)18(23)21(4-2)11-16-19-14-8-6-5-7-13(14)17(22)20-16/h5-10H,3-4,11H2,1-2H3,(H,19,20,22). The predicted molar refractivity (Wildman–Crippen MR) is 90.9 cm³/mol. The molecule has 0 radical (unpaired) electrons. The number of hydrogen-bond donors (Lipinski definition) is 1. The van der Waals surface area contributed by atoms with E-state index < -0.39 is 0 Å². The average Bonchev–Trinajstić information content (AvgIpc) is 3.08. The van der Waals surface area contributed by atoms with Crippen LogP contribution in [0.15, 0.2) is 45.6 Å². The third-order valence-electron chi connectivity index (χ3n) is 3.89. The van der Waals surface area contributed by atoms with E-state index in [0.717, 1.165) is 12.2 Å². The number of carbonyl (C=O) groups is 1. The van der Waals surface area contributed by atoms with Gasteiger partial charge in [-0.05, 0) is 31.2 Å². The maximum Gasteiger partial charge on any atom is 0.289 e. The van der Waals surface area contributed by atoms with Gasteiger partial charge in [-0.25, -0.2) is 4.98 Å². The Morgan fingerprint density at radius 1 is 1.21 bits per heavy atom. The highest BCUT2D eigenvalue weighted by Gasteiger charge is 2.19. The fourth-order valence-electron chi connectivity index (χ4n) is 2.56. The lowest BCUT2D eigenvalue weighted by atomic mass is 10.2. The molecule has 0 bridgehead atoms. The third-order valence-corrected chi connectivity index (χ3v) is 3.89. The maximum atomic E-state index is 12.6. The summed E-state index contributed by atoms with van der Waals surface area (Å²) in [6.07, 6.45) is 0.735. The number of amides is 1. The van der Waals surface area contributed by atoms with E-state index in [2.05, 4.69) is 9.97 Å². The topological polar surface area (TPSA) is 79.2 Å². The van der Waals surface area contributed by atoms with E-state index in [0.29, 0.717) is 29.0 Å². The Balaban J connectivity index is 1.87. The number of benzene rings is 1.